The Kier molecular flexibility index (Phi) is 7.29. The van der Waals surface area contributed by atoms with Crippen LogP contribution in [0.3, 0.4) is 0 Å². The average Bonchev–Trinajstić information content (AvgIpc) is 1.69. The van der Waals surface area contributed by atoms with E-state index in [4.69, 9.17) is 0 Å². The van der Waals surface area contributed by atoms with Crippen LogP contribution < -0.4 is 4.72 Å². The van der Waals surface area contributed by atoms with Crippen LogP contribution in [0.15, 0.2) is 0 Å². The van der Waals surface area contributed by atoms with Gasteiger partial charge in [0.1, 0.15) is 0 Å². The van der Waals surface area contributed by atoms with Gasteiger partial charge in [0, 0.05) is 5.75 Å². The summed E-state index contributed by atoms with van der Waals surface area (Å²) < 4.78 is 2.99. The lowest BCUT2D eigenvalue weighted by molar-refractivity contribution is 1.12. The molecule has 0 aliphatic rings. The molecule has 44 valence electrons. The van der Waals surface area contributed by atoms with Crippen LogP contribution >= 0.6 is 24.6 Å². The van der Waals surface area contributed by atoms with E-state index in [1.165, 1.54) is 12.2 Å². The highest BCUT2D eigenvalue weighted by molar-refractivity contribution is 7.97. The Bertz CT molecular complexity index is 28.9. The van der Waals surface area contributed by atoms with Gasteiger partial charge in [-0.25, -0.2) is 0 Å². The highest BCUT2D eigenvalue weighted by atomic mass is 32.2. The molecule has 0 saturated heterocycles. The maximum Gasteiger partial charge on any atom is 0.00862 e. The Labute approximate surface area is 54.8 Å². The predicted octanol–water partition coefficient (Wildman–Crippen LogP) is 1.17. The topological polar surface area (TPSA) is 12.0 Å². The molecule has 1 N–H and O–H groups in total. The molecule has 0 fully saturated rings. The first-order chi connectivity index (χ1) is 3.41. The largest absolute Gasteiger partial charge is 0.267 e. The fourth-order valence-corrected chi connectivity index (χ4v) is 1.10. The maximum atomic E-state index is 4.05. The molecule has 3 heteroatoms. The Morgan fingerprint density at radius 1 is 1.71 bits per heavy atom. The third kappa shape index (κ3) is 6.66. The summed E-state index contributed by atoms with van der Waals surface area (Å²) in [5.41, 5.74) is 0. The highest BCUT2D eigenvalue weighted by Gasteiger charge is 1.79. The highest BCUT2D eigenvalue weighted by Crippen LogP contribution is 1.94. The van der Waals surface area contributed by atoms with Crippen LogP contribution in [0.5, 0.6) is 0 Å². The second kappa shape index (κ2) is 6.66. The summed E-state index contributed by atoms with van der Waals surface area (Å²) in [6.07, 6.45) is 1.19. The zero-order chi connectivity index (χ0) is 5.54. The van der Waals surface area contributed by atoms with E-state index in [1.54, 1.807) is 11.9 Å². The molecule has 0 radical (unpaired) electrons. The first-order valence-electron chi connectivity index (χ1n) is 2.31. The lowest BCUT2D eigenvalue weighted by atomic mass is 10.6. The third-order valence-corrected chi connectivity index (χ3v) is 1.65. The van der Waals surface area contributed by atoms with Crippen molar-refractivity contribution in [3.63, 3.8) is 0 Å². The summed E-state index contributed by atoms with van der Waals surface area (Å²) in [5, 5.41) is 0. The lowest BCUT2D eigenvalue weighted by Crippen LogP contribution is -1.93. The van der Waals surface area contributed by atoms with Crippen LogP contribution in [0.1, 0.15) is 6.42 Å². The van der Waals surface area contributed by atoms with Crippen molar-refractivity contribution in [2.75, 3.05) is 18.6 Å². The summed E-state index contributed by atoms with van der Waals surface area (Å²) in [5.74, 6) is 2.16. The van der Waals surface area contributed by atoms with E-state index in [0.29, 0.717) is 0 Å². The smallest absolute Gasteiger partial charge is 0.00862 e. The molecule has 0 saturated carbocycles. The fraction of sp³-hybridized carbons (Fsp3) is 1.00. The molecule has 0 amide bonds. The van der Waals surface area contributed by atoms with E-state index in [2.05, 4.69) is 17.4 Å². The molecular formula is C4H11NS2. The van der Waals surface area contributed by atoms with Crippen molar-refractivity contribution in [3.8, 4) is 0 Å². The molecule has 0 aliphatic heterocycles. The minimum atomic E-state index is 0.995. The van der Waals surface area contributed by atoms with Crippen molar-refractivity contribution in [2.24, 2.45) is 0 Å². The van der Waals surface area contributed by atoms with Crippen LogP contribution in [-0.4, -0.2) is 18.6 Å². The molecule has 0 unspecified atom stereocenters. The van der Waals surface area contributed by atoms with Crippen molar-refractivity contribution >= 4 is 24.6 Å². The van der Waals surface area contributed by atoms with Gasteiger partial charge in [-0.05, 0) is 19.2 Å². The van der Waals surface area contributed by atoms with Crippen molar-refractivity contribution in [3.05, 3.63) is 0 Å². The van der Waals surface area contributed by atoms with Crippen LogP contribution in [0.25, 0.3) is 0 Å². The molecule has 0 atom stereocenters. The van der Waals surface area contributed by atoms with Gasteiger partial charge in [0.25, 0.3) is 0 Å². The fourth-order valence-electron chi connectivity index (χ4n) is 0.239. The second-order valence-corrected chi connectivity index (χ2v) is 2.68. The Balaban J connectivity index is 2.45. The summed E-state index contributed by atoms with van der Waals surface area (Å²) in [6, 6.07) is 0. The van der Waals surface area contributed by atoms with Crippen molar-refractivity contribution in [1.29, 1.82) is 0 Å². The van der Waals surface area contributed by atoms with Crippen molar-refractivity contribution in [2.45, 2.75) is 6.42 Å². The molecule has 1 nitrogen and oxygen atoms in total. The van der Waals surface area contributed by atoms with Gasteiger partial charge in [-0.1, -0.05) is 11.9 Å². The maximum absolute atomic E-state index is 4.05. The van der Waals surface area contributed by atoms with Gasteiger partial charge >= 0.3 is 0 Å². The van der Waals surface area contributed by atoms with Gasteiger partial charge in [-0.2, -0.15) is 12.6 Å². The summed E-state index contributed by atoms with van der Waals surface area (Å²) in [7, 11) is 1.93. The minimum absolute atomic E-state index is 0.995. The molecule has 0 spiro atoms. The number of nitrogens with one attached hydrogen (secondary N) is 1. The first-order valence-corrected chi connectivity index (χ1v) is 3.93. The van der Waals surface area contributed by atoms with Crippen LogP contribution in [0.4, 0.5) is 0 Å². The Morgan fingerprint density at radius 2 is 2.43 bits per heavy atom. The molecule has 0 bridgehead atoms. The molecule has 7 heavy (non-hydrogen) atoms. The second-order valence-electron chi connectivity index (χ2n) is 1.13. The molecule has 0 aromatic rings. The zero-order valence-electron chi connectivity index (χ0n) is 4.48. The number of thiol groups is 1. The van der Waals surface area contributed by atoms with Gasteiger partial charge < -0.3 is 0 Å². The lowest BCUT2D eigenvalue weighted by Gasteiger charge is -1.92. The van der Waals surface area contributed by atoms with Crippen LogP contribution in [0.2, 0.25) is 0 Å². The molecule has 0 heterocycles. The van der Waals surface area contributed by atoms with Gasteiger partial charge in [-0.15, -0.1) is 0 Å². The van der Waals surface area contributed by atoms with Gasteiger partial charge in [-0.3, -0.25) is 4.72 Å². The number of hydrogen-bond acceptors (Lipinski definition) is 3. The average molecular weight is 137 g/mol. The quantitative estimate of drug-likeness (QED) is 0.343. The van der Waals surface area contributed by atoms with Crippen LogP contribution in [-0.2, 0) is 0 Å². The van der Waals surface area contributed by atoms with Crippen molar-refractivity contribution in [1.82, 2.24) is 4.72 Å². The first kappa shape index (κ1) is 7.66. The molecule has 0 aromatic heterocycles. The van der Waals surface area contributed by atoms with E-state index in [-0.39, 0.29) is 0 Å². The zero-order valence-corrected chi connectivity index (χ0v) is 6.19. The monoisotopic (exact) mass is 137 g/mol. The summed E-state index contributed by atoms with van der Waals surface area (Å²) >= 11 is 5.79. The standard InChI is InChI=1S/C4H11NS2/c1-5-7-4-2-3-6/h5-6H,2-4H2,1H3. The van der Waals surface area contributed by atoms with Gasteiger partial charge in [0.2, 0.25) is 0 Å². The third-order valence-electron chi connectivity index (χ3n) is 0.549. The molecular weight excluding hydrogens is 126 g/mol. The molecule has 0 rings (SSSR count). The SMILES string of the molecule is CNSCCCS. The minimum Gasteiger partial charge on any atom is -0.267 e. The number of rotatable bonds is 4. The van der Waals surface area contributed by atoms with E-state index < -0.39 is 0 Å². The van der Waals surface area contributed by atoms with Gasteiger partial charge in [0.15, 0.2) is 0 Å². The molecule has 0 aromatic carbocycles. The van der Waals surface area contributed by atoms with Crippen molar-refractivity contribution < 1.29 is 0 Å². The Hall–Kier alpha value is 0.660. The Morgan fingerprint density at radius 3 is 2.86 bits per heavy atom. The summed E-state index contributed by atoms with van der Waals surface area (Å²) in [4.78, 5) is 0. The van der Waals surface area contributed by atoms with Crippen LogP contribution in [0, 0.1) is 0 Å². The van der Waals surface area contributed by atoms with E-state index >= 15 is 0 Å². The predicted molar refractivity (Wildman–Crippen MR) is 40.0 cm³/mol. The number of hydrogen-bond donors (Lipinski definition) is 2. The normalized spacial score (nSPS) is 9.43. The van der Waals surface area contributed by atoms with Gasteiger partial charge in [0.05, 0.1) is 0 Å². The van der Waals surface area contributed by atoms with E-state index in [1.807, 2.05) is 7.05 Å². The van der Waals surface area contributed by atoms with E-state index in [9.17, 15) is 0 Å². The van der Waals surface area contributed by atoms with E-state index in [0.717, 1.165) is 5.75 Å². The summed E-state index contributed by atoms with van der Waals surface area (Å²) in [6.45, 7) is 0. The molecule has 0 aliphatic carbocycles.